The quantitative estimate of drug-likeness (QED) is 0.383. The first-order valence-corrected chi connectivity index (χ1v) is 10.9. The van der Waals surface area contributed by atoms with Crippen LogP contribution in [0.25, 0.3) is 16.7 Å². The monoisotopic (exact) mass is 477 g/mol. The smallest absolute Gasteiger partial charge is 0.275 e. The lowest BCUT2D eigenvalue weighted by Gasteiger charge is -2.10. The number of nitrogens with one attached hydrogen (secondary N) is 2. The fourth-order valence-electron chi connectivity index (χ4n) is 3.71. The van der Waals surface area contributed by atoms with Gasteiger partial charge in [-0.2, -0.15) is 15.0 Å². The molecule has 0 aliphatic rings. The average Bonchev–Trinajstić information content (AvgIpc) is 3.31. The fraction of sp³-hybridized carbons (Fsp3) is 0.0769. The Balaban J connectivity index is 1.44. The summed E-state index contributed by atoms with van der Waals surface area (Å²) in [5.41, 5.74) is 1.19. The molecule has 2 aromatic carbocycles. The van der Waals surface area contributed by atoms with Crippen LogP contribution in [0.4, 0.5) is 5.82 Å². The summed E-state index contributed by atoms with van der Waals surface area (Å²) in [7, 11) is 1.58. The summed E-state index contributed by atoms with van der Waals surface area (Å²) in [6.45, 7) is 0. The van der Waals surface area contributed by atoms with Gasteiger partial charge in [-0.3, -0.25) is 9.59 Å². The molecular weight excluding hydrogens is 458 g/mol. The molecule has 10 nitrogen and oxygen atoms in total. The number of carbonyl (C=O) groups is 1. The van der Waals surface area contributed by atoms with Gasteiger partial charge in [0, 0.05) is 17.9 Å². The normalized spacial score (nSPS) is 10.7. The number of hydrogen-bond donors (Lipinski definition) is 2. The van der Waals surface area contributed by atoms with Crippen molar-refractivity contribution in [2.45, 2.75) is 6.42 Å². The van der Waals surface area contributed by atoms with E-state index < -0.39 is 11.5 Å². The minimum atomic E-state index is -0.656. The second-order valence-electron chi connectivity index (χ2n) is 7.85. The first-order valence-electron chi connectivity index (χ1n) is 10.9. The summed E-state index contributed by atoms with van der Waals surface area (Å²) in [4.78, 5) is 36.9. The van der Waals surface area contributed by atoms with Gasteiger partial charge in [0.25, 0.3) is 11.5 Å². The van der Waals surface area contributed by atoms with Gasteiger partial charge in [-0.1, -0.05) is 30.3 Å². The second kappa shape index (κ2) is 9.52. The van der Waals surface area contributed by atoms with E-state index in [9.17, 15) is 14.9 Å². The van der Waals surface area contributed by atoms with Crippen molar-refractivity contribution in [3.05, 3.63) is 106 Å². The van der Waals surface area contributed by atoms with Gasteiger partial charge in [-0.15, -0.1) is 0 Å². The Kier molecular flexibility index (Phi) is 5.95. The van der Waals surface area contributed by atoms with Gasteiger partial charge in [0.1, 0.15) is 28.9 Å². The van der Waals surface area contributed by atoms with Crippen molar-refractivity contribution in [3.63, 3.8) is 0 Å². The third kappa shape index (κ3) is 4.53. The number of hydrogen-bond acceptors (Lipinski definition) is 7. The van der Waals surface area contributed by atoms with Crippen molar-refractivity contribution in [1.82, 2.24) is 24.7 Å². The van der Waals surface area contributed by atoms with Crippen LogP contribution in [0.2, 0.25) is 0 Å². The number of para-hydroxylation sites is 1. The number of H-pyrrole nitrogens is 1. The van der Waals surface area contributed by atoms with Gasteiger partial charge in [0.15, 0.2) is 11.6 Å². The van der Waals surface area contributed by atoms with Crippen molar-refractivity contribution >= 4 is 22.6 Å². The van der Waals surface area contributed by atoms with Gasteiger partial charge in [0.05, 0.1) is 18.8 Å². The number of anilines is 1. The van der Waals surface area contributed by atoms with Crippen molar-refractivity contribution in [2.75, 3.05) is 12.4 Å². The molecule has 36 heavy (non-hydrogen) atoms. The molecule has 10 heteroatoms. The van der Waals surface area contributed by atoms with E-state index in [-0.39, 0.29) is 17.1 Å². The summed E-state index contributed by atoms with van der Waals surface area (Å²) in [6.07, 6.45) is 1.65. The Morgan fingerprint density at radius 1 is 1.11 bits per heavy atom. The summed E-state index contributed by atoms with van der Waals surface area (Å²) < 4.78 is 6.53. The molecule has 3 heterocycles. The highest BCUT2D eigenvalue weighted by Gasteiger charge is 2.19. The lowest BCUT2D eigenvalue weighted by molar-refractivity contribution is 0.102. The van der Waals surface area contributed by atoms with Crippen LogP contribution in [-0.4, -0.2) is 37.7 Å². The van der Waals surface area contributed by atoms with E-state index >= 15 is 0 Å². The summed E-state index contributed by atoms with van der Waals surface area (Å²) in [5, 5.41) is 17.4. The average molecular weight is 477 g/mol. The molecular formula is C26H19N7O3. The van der Waals surface area contributed by atoms with Crippen LogP contribution in [0.3, 0.4) is 0 Å². The highest BCUT2D eigenvalue weighted by Crippen LogP contribution is 2.21. The highest BCUT2D eigenvalue weighted by atomic mass is 16.5. The standard InChI is InChI=1S/C26H19N7O3/c1-36-19-9-6-16(7-10-19)12-22-29-21(13-24(34)31-22)26(35)32-25-18(14-27)15-28-33(25)23-11-8-17-4-2-3-5-20(17)30-23/h2-11,13,15H,12H2,1H3,(H,32,35)(H,29,31,34). The number of rotatable bonds is 6. The number of pyridine rings is 1. The largest absolute Gasteiger partial charge is 0.497 e. The van der Waals surface area contributed by atoms with E-state index in [0.717, 1.165) is 22.5 Å². The number of nitrogens with zero attached hydrogens (tertiary/aromatic N) is 5. The van der Waals surface area contributed by atoms with Crippen molar-refractivity contribution in [1.29, 1.82) is 5.26 Å². The first kappa shape index (κ1) is 22.5. The Morgan fingerprint density at radius 3 is 2.69 bits per heavy atom. The number of ether oxygens (including phenoxy) is 1. The van der Waals surface area contributed by atoms with Crippen LogP contribution < -0.4 is 15.6 Å². The molecule has 0 bridgehead atoms. The Morgan fingerprint density at radius 2 is 1.92 bits per heavy atom. The number of methoxy groups -OCH3 is 1. The Bertz CT molecular complexity index is 1680. The van der Waals surface area contributed by atoms with Gasteiger partial charge >= 0.3 is 0 Å². The summed E-state index contributed by atoms with van der Waals surface area (Å²) >= 11 is 0. The van der Waals surface area contributed by atoms with Gasteiger partial charge in [-0.05, 0) is 35.9 Å². The Hall–Kier alpha value is -5.30. The SMILES string of the molecule is COc1ccc(Cc2nc(C(=O)Nc3c(C#N)cnn3-c3ccc4ccccc4n3)cc(=O)[nH]2)cc1. The molecule has 0 saturated heterocycles. The molecule has 0 spiro atoms. The Labute approximate surface area is 204 Å². The van der Waals surface area contributed by atoms with Gasteiger partial charge in [-0.25, -0.2) is 9.97 Å². The molecule has 0 unspecified atom stereocenters. The minimum Gasteiger partial charge on any atom is -0.497 e. The predicted octanol–water partition coefficient (Wildman–Crippen LogP) is 3.23. The molecule has 176 valence electrons. The number of aromatic nitrogens is 5. The minimum absolute atomic E-state index is 0.0922. The summed E-state index contributed by atoms with van der Waals surface area (Å²) in [6, 6.07) is 21.6. The molecule has 0 saturated carbocycles. The molecule has 0 fully saturated rings. The van der Waals surface area contributed by atoms with Crippen LogP contribution >= 0.6 is 0 Å². The molecule has 5 aromatic rings. The van der Waals surface area contributed by atoms with E-state index in [4.69, 9.17) is 4.74 Å². The topological polar surface area (TPSA) is 139 Å². The van der Waals surface area contributed by atoms with Crippen LogP contribution in [0, 0.1) is 11.3 Å². The second-order valence-corrected chi connectivity index (χ2v) is 7.85. The molecule has 1 amide bonds. The van der Waals surface area contributed by atoms with E-state index in [1.165, 1.54) is 10.9 Å². The number of benzene rings is 2. The maximum absolute atomic E-state index is 13.1. The number of amides is 1. The first-order chi connectivity index (χ1) is 17.5. The lowest BCUT2D eigenvalue weighted by atomic mass is 10.1. The third-order valence-electron chi connectivity index (χ3n) is 5.48. The highest BCUT2D eigenvalue weighted by molar-refractivity contribution is 6.03. The molecule has 2 N–H and O–H groups in total. The van der Waals surface area contributed by atoms with Crippen LogP contribution in [0.15, 0.2) is 77.7 Å². The lowest BCUT2D eigenvalue weighted by Crippen LogP contribution is -2.22. The van der Waals surface area contributed by atoms with Gasteiger partial charge in [0.2, 0.25) is 0 Å². The van der Waals surface area contributed by atoms with Gasteiger partial charge < -0.3 is 15.0 Å². The predicted molar refractivity (Wildman–Crippen MR) is 132 cm³/mol. The van der Waals surface area contributed by atoms with E-state index in [2.05, 4.69) is 25.4 Å². The molecule has 0 aliphatic carbocycles. The third-order valence-corrected chi connectivity index (χ3v) is 5.48. The van der Waals surface area contributed by atoms with Crippen molar-refractivity contribution < 1.29 is 9.53 Å². The number of nitriles is 1. The fourth-order valence-corrected chi connectivity index (χ4v) is 3.71. The molecule has 5 rings (SSSR count). The van der Waals surface area contributed by atoms with E-state index in [1.807, 2.05) is 48.5 Å². The molecule has 0 atom stereocenters. The van der Waals surface area contributed by atoms with E-state index in [0.29, 0.717) is 23.8 Å². The number of carbonyl (C=O) groups excluding carboxylic acids is 1. The van der Waals surface area contributed by atoms with Crippen LogP contribution in [0.5, 0.6) is 5.75 Å². The van der Waals surface area contributed by atoms with E-state index in [1.54, 1.807) is 25.3 Å². The maximum atomic E-state index is 13.1. The zero-order chi connectivity index (χ0) is 25.1. The maximum Gasteiger partial charge on any atom is 0.275 e. The molecule has 3 aromatic heterocycles. The molecule has 0 aliphatic heterocycles. The number of fused-ring (bicyclic) bond motifs is 1. The zero-order valence-corrected chi connectivity index (χ0v) is 19.1. The molecule has 0 radical (unpaired) electrons. The van der Waals surface area contributed by atoms with Crippen LogP contribution in [-0.2, 0) is 6.42 Å². The zero-order valence-electron chi connectivity index (χ0n) is 19.1. The number of aromatic amines is 1. The van der Waals surface area contributed by atoms with Crippen LogP contribution in [0.1, 0.15) is 27.4 Å². The summed E-state index contributed by atoms with van der Waals surface area (Å²) in [5.74, 6) is 0.923. The van der Waals surface area contributed by atoms with Crippen molar-refractivity contribution in [2.24, 2.45) is 0 Å². The van der Waals surface area contributed by atoms with Crippen molar-refractivity contribution in [3.8, 4) is 17.6 Å².